The number of rotatable bonds is 7. The van der Waals surface area contributed by atoms with Crippen molar-refractivity contribution < 1.29 is 8.42 Å². The van der Waals surface area contributed by atoms with Crippen LogP contribution in [0.3, 0.4) is 0 Å². The van der Waals surface area contributed by atoms with Crippen LogP contribution in [0.15, 0.2) is 6.07 Å². The van der Waals surface area contributed by atoms with Gasteiger partial charge in [-0.05, 0) is 32.1 Å². The molecule has 146 valence electrons. The zero-order chi connectivity index (χ0) is 18.6. The molecule has 0 aromatic carbocycles. The fourth-order valence-corrected chi connectivity index (χ4v) is 4.12. The van der Waals surface area contributed by atoms with Gasteiger partial charge < -0.3 is 15.1 Å². The molecule has 1 N–H and O–H groups in total. The lowest BCUT2D eigenvalue weighted by molar-refractivity contribution is 0.422. The molecule has 0 amide bonds. The van der Waals surface area contributed by atoms with E-state index in [0.717, 1.165) is 62.9 Å². The molecule has 3 heterocycles. The Balaban J connectivity index is 1.59. The summed E-state index contributed by atoms with van der Waals surface area (Å²) >= 11 is 0. The van der Waals surface area contributed by atoms with Crippen LogP contribution in [0.1, 0.15) is 38.3 Å². The maximum absolute atomic E-state index is 11.2. The Morgan fingerprint density at radius 1 is 1.12 bits per heavy atom. The maximum Gasteiger partial charge on any atom is 0.227 e. The highest BCUT2D eigenvalue weighted by Crippen LogP contribution is 2.23. The van der Waals surface area contributed by atoms with E-state index in [0.29, 0.717) is 12.6 Å². The number of piperidine rings is 1. The van der Waals surface area contributed by atoms with E-state index in [-0.39, 0.29) is 5.75 Å². The Morgan fingerprint density at radius 2 is 1.81 bits per heavy atom. The standard InChI is InChI=1S/C18H31N5O2S/c1-3-15-14-17(21-18(20-15)23-9-4-5-10-23)22-11-6-16(7-12-22)19-8-13-26(2,24)25/h14,16,19H,3-13H2,1-2H3. The zero-order valence-corrected chi connectivity index (χ0v) is 16.8. The average Bonchev–Trinajstić information content (AvgIpc) is 3.15. The van der Waals surface area contributed by atoms with Gasteiger partial charge in [-0.2, -0.15) is 4.98 Å². The van der Waals surface area contributed by atoms with Crippen LogP contribution in [-0.2, 0) is 16.3 Å². The Bertz CT molecular complexity index is 696. The Morgan fingerprint density at radius 3 is 2.42 bits per heavy atom. The molecule has 0 unspecified atom stereocenters. The number of nitrogens with one attached hydrogen (secondary N) is 1. The first-order valence-corrected chi connectivity index (χ1v) is 11.8. The molecular formula is C18H31N5O2S. The van der Waals surface area contributed by atoms with Crippen molar-refractivity contribution in [2.45, 2.75) is 45.1 Å². The Kier molecular flexibility index (Phi) is 6.34. The van der Waals surface area contributed by atoms with E-state index in [1.54, 1.807) is 0 Å². The molecule has 7 nitrogen and oxygen atoms in total. The predicted octanol–water partition coefficient (Wildman–Crippen LogP) is 1.24. The van der Waals surface area contributed by atoms with Gasteiger partial charge in [0.15, 0.2) is 0 Å². The summed E-state index contributed by atoms with van der Waals surface area (Å²) in [5.74, 6) is 2.12. The van der Waals surface area contributed by atoms with E-state index in [9.17, 15) is 8.42 Å². The van der Waals surface area contributed by atoms with Crippen molar-refractivity contribution in [3.63, 3.8) is 0 Å². The quantitative estimate of drug-likeness (QED) is 0.761. The number of anilines is 2. The molecule has 2 aliphatic heterocycles. The molecular weight excluding hydrogens is 350 g/mol. The second-order valence-corrected chi connectivity index (χ2v) is 9.67. The molecule has 2 fully saturated rings. The van der Waals surface area contributed by atoms with Crippen LogP contribution in [0, 0.1) is 0 Å². The normalized spacial score (nSPS) is 19.3. The largest absolute Gasteiger partial charge is 0.356 e. The lowest BCUT2D eigenvalue weighted by Crippen LogP contribution is -2.44. The lowest BCUT2D eigenvalue weighted by Gasteiger charge is -2.33. The van der Waals surface area contributed by atoms with Crippen molar-refractivity contribution in [3.05, 3.63) is 11.8 Å². The maximum atomic E-state index is 11.2. The number of nitrogens with zero attached hydrogens (tertiary/aromatic N) is 4. The van der Waals surface area contributed by atoms with Gasteiger partial charge in [0, 0.05) is 56.8 Å². The van der Waals surface area contributed by atoms with Crippen molar-refractivity contribution in [1.29, 1.82) is 0 Å². The molecule has 1 aromatic rings. The van der Waals surface area contributed by atoms with Crippen LogP contribution in [0.25, 0.3) is 0 Å². The first kappa shape index (κ1) is 19.4. The summed E-state index contributed by atoms with van der Waals surface area (Å²) in [4.78, 5) is 14.2. The topological polar surface area (TPSA) is 78.4 Å². The van der Waals surface area contributed by atoms with Crippen molar-refractivity contribution >= 4 is 21.6 Å². The zero-order valence-electron chi connectivity index (χ0n) is 15.9. The summed E-state index contributed by atoms with van der Waals surface area (Å²) in [5, 5.41) is 3.38. The van der Waals surface area contributed by atoms with Crippen LogP contribution in [0.2, 0.25) is 0 Å². The summed E-state index contributed by atoms with van der Waals surface area (Å²) in [6, 6.07) is 2.51. The van der Waals surface area contributed by atoms with Gasteiger partial charge in [-0.3, -0.25) is 0 Å². The minimum absolute atomic E-state index is 0.207. The molecule has 2 aliphatic rings. The second-order valence-electron chi connectivity index (χ2n) is 7.41. The van der Waals surface area contributed by atoms with Crippen LogP contribution in [-0.4, -0.2) is 69.2 Å². The molecule has 0 saturated carbocycles. The van der Waals surface area contributed by atoms with E-state index >= 15 is 0 Å². The number of hydrogen-bond acceptors (Lipinski definition) is 7. The van der Waals surface area contributed by atoms with Gasteiger partial charge in [-0.15, -0.1) is 0 Å². The van der Waals surface area contributed by atoms with Crippen LogP contribution in [0.4, 0.5) is 11.8 Å². The van der Waals surface area contributed by atoms with Gasteiger partial charge in [-0.1, -0.05) is 6.92 Å². The van der Waals surface area contributed by atoms with Gasteiger partial charge in [0.1, 0.15) is 15.7 Å². The summed E-state index contributed by atoms with van der Waals surface area (Å²) in [6.45, 7) is 6.66. The van der Waals surface area contributed by atoms with Gasteiger partial charge in [-0.25, -0.2) is 13.4 Å². The molecule has 1 aromatic heterocycles. The fourth-order valence-electron chi connectivity index (χ4n) is 3.63. The first-order valence-electron chi connectivity index (χ1n) is 9.73. The summed E-state index contributed by atoms with van der Waals surface area (Å²) in [6.07, 6.45) is 6.66. The minimum atomic E-state index is -2.89. The third-order valence-corrected chi connectivity index (χ3v) is 6.18. The first-order chi connectivity index (χ1) is 12.4. The van der Waals surface area contributed by atoms with E-state index in [1.165, 1.54) is 19.1 Å². The van der Waals surface area contributed by atoms with Gasteiger partial charge >= 0.3 is 0 Å². The van der Waals surface area contributed by atoms with Crippen molar-refractivity contribution in [2.75, 3.05) is 54.5 Å². The van der Waals surface area contributed by atoms with Crippen molar-refractivity contribution in [1.82, 2.24) is 15.3 Å². The highest BCUT2D eigenvalue weighted by Gasteiger charge is 2.22. The van der Waals surface area contributed by atoms with Crippen molar-refractivity contribution in [3.8, 4) is 0 Å². The molecule has 0 bridgehead atoms. The van der Waals surface area contributed by atoms with Gasteiger partial charge in [0.05, 0.1) is 5.75 Å². The Hall–Kier alpha value is -1.41. The SMILES string of the molecule is CCc1cc(N2CCC(NCCS(C)(=O)=O)CC2)nc(N2CCCC2)n1. The summed E-state index contributed by atoms with van der Waals surface area (Å²) in [5.41, 5.74) is 1.10. The predicted molar refractivity (Wildman–Crippen MR) is 106 cm³/mol. The molecule has 0 radical (unpaired) electrons. The average molecular weight is 382 g/mol. The van der Waals surface area contributed by atoms with Crippen LogP contribution < -0.4 is 15.1 Å². The monoisotopic (exact) mass is 381 g/mol. The fraction of sp³-hybridized carbons (Fsp3) is 0.778. The molecule has 8 heteroatoms. The van der Waals surface area contributed by atoms with Crippen LogP contribution >= 0.6 is 0 Å². The van der Waals surface area contributed by atoms with Gasteiger partial charge in [0.25, 0.3) is 0 Å². The molecule has 26 heavy (non-hydrogen) atoms. The van der Waals surface area contributed by atoms with E-state index in [2.05, 4.69) is 28.1 Å². The lowest BCUT2D eigenvalue weighted by atomic mass is 10.1. The molecule has 0 spiro atoms. The highest BCUT2D eigenvalue weighted by molar-refractivity contribution is 7.90. The smallest absolute Gasteiger partial charge is 0.227 e. The molecule has 3 rings (SSSR count). The molecule has 0 aliphatic carbocycles. The highest BCUT2D eigenvalue weighted by atomic mass is 32.2. The van der Waals surface area contributed by atoms with E-state index in [1.807, 2.05) is 0 Å². The van der Waals surface area contributed by atoms with Crippen LogP contribution in [0.5, 0.6) is 0 Å². The summed E-state index contributed by atoms with van der Waals surface area (Å²) in [7, 11) is -2.89. The third kappa shape index (κ3) is 5.30. The van der Waals surface area contributed by atoms with Gasteiger partial charge in [0.2, 0.25) is 5.95 Å². The number of sulfone groups is 1. The molecule has 0 atom stereocenters. The van der Waals surface area contributed by atoms with E-state index in [4.69, 9.17) is 9.97 Å². The number of aromatic nitrogens is 2. The minimum Gasteiger partial charge on any atom is -0.356 e. The van der Waals surface area contributed by atoms with Crippen molar-refractivity contribution in [2.24, 2.45) is 0 Å². The number of aryl methyl sites for hydroxylation is 1. The second kappa shape index (κ2) is 8.52. The Labute approximate surface area is 157 Å². The third-order valence-electron chi connectivity index (χ3n) is 5.23. The molecule has 2 saturated heterocycles. The van der Waals surface area contributed by atoms with E-state index < -0.39 is 9.84 Å². The summed E-state index contributed by atoms with van der Waals surface area (Å²) < 4.78 is 22.5. The number of hydrogen-bond donors (Lipinski definition) is 1.